The van der Waals surface area contributed by atoms with Crippen LogP contribution in [0.15, 0.2) is 0 Å². The van der Waals surface area contributed by atoms with Gasteiger partial charge in [0.05, 0.1) is 5.92 Å². The van der Waals surface area contributed by atoms with Crippen LogP contribution in [0.5, 0.6) is 0 Å². The fourth-order valence-electron chi connectivity index (χ4n) is 3.49. The number of aliphatic carboxylic acids is 1. The van der Waals surface area contributed by atoms with Crippen LogP contribution in [0.1, 0.15) is 45.4 Å². The monoisotopic (exact) mass is 253 g/mol. The molecule has 4 unspecified atom stereocenters. The van der Waals surface area contributed by atoms with Crippen LogP contribution >= 0.6 is 0 Å². The van der Waals surface area contributed by atoms with Gasteiger partial charge < -0.3 is 10.4 Å². The highest BCUT2D eigenvalue weighted by Crippen LogP contribution is 2.49. The summed E-state index contributed by atoms with van der Waals surface area (Å²) < 4.78 is 0. The molecule has 2 bridgehead atoms. The van der Waals surface area contributed by atoms with E-state index >= 15 is 0 Å². The number of hydrogen-bond acceptors (Lipinski definition) is 2. The predicted octanol–water partition coefficient (Wildman–Crippen LogP) is 2.04. The number of fused-ring (bicyclic) bond motifs is 2. The second-order valence-corrected chi connectivity index (χ2v) is 6.02. The highest BCUT2D eigenvalue weighted by molar-refractivity contribution is 5.76. The van der Waals surface area contributed by atoms with Crippen molar-refractivity contribution in [1.29, 1.82) is 0 Å². The van der Waals surface area contributed by atoms with Crippen LogP contribution in [-0.4, -0.2) is 23.5 Å². The van der Waals surface area contributed by atoms with Gasteiger partial charge in [-0.05, 0) is 43.4 Å². The third-order valence-electron chi connectivity index (χ3n) is 4.65. The van der Waals surface area contributed by atoms with Crippen molar-refractivity contribution in [1.82, 2.24) is 5.32 Å². The maximum atomic E-state index is 11.8. The molecule has 0 saturated heterocycles. The smallest absolute Gasteiger partial charge is 0.306 e. The molecule has 4 heteroatoms. The molecule has 0 heterocycles. The number of hydrogen-bond donors (Lipinski definition) is 2. The normalized spacial score (nSPS) is 31.3. The van der Waals surface area contributed by atoms with Crippen LogP contribution in [0.2, 0.25) is 0 Å². The first kappa shape index (κ1) is 13.4. The summed E-state index contributed by atoms with van der Waals surface area (Å²) in [5.74, 6) is 1.16. The molecule has 2 fully saturated rings. The number of rotatable bonds is 6. The van der Waals surface area contributed by atoms with Crippen LogP contribution in [-0.2, 0) is 9.59 Å². The average molecular weight is 253 g/mol. The quantitative estimate of drug-likeness (QED) is 0.761. The van der Waals surface area contributed by atoms with Crippen LogP contribution in [0.25, 0.3) is 0 Å². The number of nitrogens with one attached hydrogen (secondary N) is 1. The molecular weight excluding hydrogens is 230 g/mol. The molecule has 1 amide bonds. The van der Waals surface area contributed by atoms with Gasteiger partial charge in [-0.2, -0.15) is 0 Å². The highest BCUT2D eigenvalue weighted by Gasteiger charge is 2.39. The molecule has 2 N–H and O–H groups in total. The molecule has 0 radical (unpaired) electrons. The Morgan fingerprint density at radius 2 is 2.11 bits per heavy atom. The predicted molar refractivity (Wildman–Crippen MR) is 68.0 cm³/mol. The zero-order chi connectivity index (χ0) is 13.1. The summed E-state index contributed by atoms with van der Waals surface area (Å²) in [6.07, 6.45) is 6.37. The minimum absolute atomic E-state index is 0.102. The van der Waals surface area contributed by atoms with E-state index < -0.39 is 5.97 Å². The number of amides is 1. The van der Waals surface area contributed by atoms with Gasteiger partial charge in [0.25, 0.3) is 0 Å². The summed E-state index contributed by atoms with van der Waals surface area (Å²) in [7, 11) is 0. The summed E-state index contributed by atoms with van der Waals surface area (Å²) in [4.78, 5) is 22.4. The minimum Gasteiger partial charge on any atom is -0.481 e. The van der Waals surface area contributed by atoms with Gasteiger partial charge in [-0.1, -0.05) is 13.3 Å². The largest absolute Gasteiger partial charge is 0.481 e. The van der Waals surface area contributed by atoms with Gasteiger partial charge in [-0.25, -0.2) is 0 Å². The van der Waals surface area contributed by atoms with Crippen molar-refractivity contribution in [3.63, 3.8) is 0 Å². The van der Waals surface area contributed by atoms with Crippen molar-refractivity contribution in [3.8, 4) is 0 Å². The average Bonchev–Trinajstić information content (AvgIpc) is 2.90. The lowest BCUT2D eigenvalue weighted by Crippen LogP contribution is -2.29. The standard InChI is InChI=1S/C14H23NO3/c1-9(14(17)18)4-5-15-13(16)8-12-7-10-2-3-11(12)6-10/h9-12H,2-8H2,1H3,(H,15,16)(H,17,18). The lowest BCUT2D eigenvalue weighted by atomic mass is 9.86. The van der Waals surface area contributed by atoms with E-state index in [2.05, 4.69) is 5.32 Å². The van der Waals surface area contributed by atoms with E-state index in [1.165, 1.54) is 25.7 Å². The molecule has 18 heavy (non-hydrogen) atoms. The van der Waals surface area contributed by atoms with E-state index in [-0.39, 0.29) is 11.8 Å². The third kappa shape index (κ3) is 3.24. The van der Waals surface area contributed by atoms with Crippen LogP contribution in [0, 0.1) is 23.7 Å². The zero-order valence-corrected chi connectivity index (χ0v) is 11.0. The van der Waals surface area contributed by atoms with E-state index in [9.17, 15) is 9.59 Å². The Morgan fingerprint density at radius 1 is 1.33 bits per heavy atom. The molecule has 0 spiro atoms. The summed E-state index contributed by atoms with van der Waals surface area (Å²) in [5, 5.41) is 11.6. The van der Waals surface area contributed by atoms with Crippen LogP contribution in [0.4, 0.5) is 0 Å². The second-order valence-electron chi connectivity index (χ2n) is 6.02. The van der Waals surface area contributed by atoms with Gasteiger partial charge in [0.15, 0.2) is 0 Å². The first-order chi connectivity index (χ1) is 8.56. The van der Waals surface area contributed by atoms with Crippen molar-refractivity contribution in [2.24, 2.45) is 23.7 Å². The molecule has 0 aromatic heterocycles. The molecule has 2 saturated carbocycles. The molecule has 2 aliphatic carbocycles. The molecule has 102 valence electrons. The first-order valence-electron chi connectivity index (χ1n) is 7.05. The van der Waals surface area contributed by atoms with Crippen molar-refractivity contribution >= 4 is 11.9 Å². The molecule has 2 aliphatic rings. The summed E-state index contributed by atoms with van der Waals surface area (Å²) >= 11 is 0. The van der Waals surface area contributed by atoms with Crippen molar-refractivity contribution in [3.05, 3.63) is 0 Å². The van der Waals surface area contributed by atoms with Gasteiger partial charge in [0, 0.05) is 13.0 Å². The number of carboxylic acids is 1. The fourth-order valence-corrected chi connectivity index (χ4v) is 3.49. The van der Waals surface area contributed by atoms with Crippen molar-refractivity contribution in [2.45, 2.75) is 45.4 Å². The van der Waals surface area contributed by atoms with Gasteiger partial charge >= 0.3 is 5.97 Å². The highest BCUT2D eigenvalue weighted by atomic mass is 16.4. The lowest BCUT2D eigenvalue weighted by Gasteiger charge is -2.21. The van der Waals surface area contributed by atoms with Crippen LogP contribution < -0.4 is 5.32 Å². The SMILES string of the molecule is CC(CCNC(=O)CC1CC2CCC1C2)C(=O)O. The fraction of sp³-hybridized carbons (Fsp3) is 0.857. The zero-order valence-electron chi connectivity index (χ0n) is 11.0. The van der Waals surface area contributed by atoms with Gasteiger partial charge in [-0.3, -0.25) is 9.59 Å². The van der Waals surface area contributed by atoms with Crippen LogP contribution in [0.3, 0.4) is 0 Å². The molecule has 0 aromatic rings. The first-order valence-corrected chi connectivity index (χ1v) is 7.05. The Balaban J connectivity index is 1.62. The summed E-state index contributed by atoms with van der Waals surface area (Å²) in [6.45, 7) is 2.15. The Kier molecular flexibility index (Phi) is 4.25. The van der Waals surface area contributed by atoms with Gasteiger partial charge in [0.2, 0.25) is 5.91 Å². The second kappa shape index (κ2) is 5.72. The number of carbonyl (C=O) groups excluding carboxylic acids is 1. The minimum atomic E-state index is -0.794. The summed E-state index contributed by atoms with van der Waals surface area (Å²) in [6, 6.07) is 0. The van der Waals surface area contributed by atoms with E-state index in [0.717, 1.165) is 11.8 Å². The molecule has 2 rings (SSSR count). The van der Waals surface area contributed by atoms with E-state index in [0.29, 0.717) is 25.3 Å². The maximum Gasteiger partial charge on any atom is 0.306 e. The number of carbonyl (C=O) groups is 2. The Bertz CT molecular complexity index is 329. The molecular formula is C14H23NO3. The van der Waals surface area contributed by atoms with Gasteiger partial charge in [-0.15, -0.1) is 0 Å². The summed E-state index contributed by atoms with van der Waals surface area (Å²) in [5.41, 5.74) is 0. The lowest BCUT2D eigenvalue weighted by molar-refractivity contribution is -0.141. The van der Waals surface area contributed by atoms with Gasteiger partial charge in [0.1, 0.15) is 0 Å². The Morgan fingerprint density at radius 3 is 2.67 bits per heavy atom. The Hall–Kier alpha value is -1.06. The Labute approximate surface area is 108 Å². The van der Waals surface area contributed by atoms with Crippen molar-refractivity contribution in [2.75, 3.05) is 6.54 Å². The molecule has 4 atom stereocenters. The third-order valence-corrected chi connectivity index (χ3v) is 4.65. The number of carboxylic acid groups (broad SMARTS) is 1. The maximum absolute atomic E-state index is 11.8. The van der Waals surface area contributed by atoms with E-state index in [1.807, 2.05) is 0 Å². The molecule has 4 nitrogen and oxygen atoms in total. The van der Waals surface area contributed by atoms with E-state index in [1.54, 1.807) is 6.92 Å². The van der Waals surface area contributed by atoms with E-state index in [4.69, 9.17) is 5.11 Å². The molecule has 0 aromatic carbocycles. The molecule has 0 aliphatic heterocycles. The topological polar surface area (TPSA) is 66.4 Å². The van der Waals surface area contributed by atoms with Crippen molar-refractivity contribution < 1.29 is 14.7 Å².